The third-order valence-electron chi connectivity index (χ3n) is 6.23. The molecule has 1 saturated carbocycles. The SMILES string of the molecule is CC(C)OC(=O)c1cccc(-c2cc3n(n2)C(c2ccc(OC(F)F)c(OCC4CC4)c2)CCN3)c1. The summed E-state index contributed by atoms with van der Waals surface area (Å²) in [4.78, 5) is 12.4. The molecule has 1 N–H and O–H groups in total. The summed E-state index contributed by atoms with van der Waals surface area (Å²) < 4.78 is 43.7. The fraction of sp³-hybridized carbons (Fsp3) is 0.407. The van der Waals surface area contributed by atoms with Gasteiger partial charge >= 0.3 is 12.6 Å². The van der Waals surface area contributed by atoms with E-state index in [9.17, 15) is 13.6 Å². The van der Waals surface area contributed by atoms with Crippen molar-refractivity contribution in [2.24, 2.45) is 5.92 Å². The van der Waals surface area contributed by atoms with Gasteiger partial charge in [-0.3, -0.25) is 0 Å². The molecule has 1 aliphatic heterocycles. The number of rotatable bonds is 9. The van der Waals surface area contributed by atoms with E-state index in [0.717, 1.165) is 42.8 Å². The predicted octanol–water partition coefficient (Wildman–Crippen LogP) is 5.91. The van der Waals surface area contributed by atoms with Gasteiger partial charge in [0.2, 0.25) is 0 Å². The zero-order valence-electron chi connectivity index (χ0n) is 20.2. The Morgan fingerprint density at radius 3 is 2.69 bits per heavy atom. The Labute approximate surface area is 208 Å². The van der Waals surface area contributed by atoms with Crippen molar-refractivity contribution in [3.05, 3.63) is 59.7 Å². The largest absolute Gasteiger partial charge is 0.489 e. The highest BCUT2D eigenvalue weighted by Gasteiger charge is 2.27. The van der Waals surface area contributed by atoms with E-state index in [1.165, 1.54) is 0 Å². The van der Waals surface area contributed by atoms with Gasteiger partial charge in [-0.05, 0) is 68.9 Å². The molecule has 0 spiro atoms. The first-order valence-corrected chi connectivity index (χ1v) is 12.2. The number of nitrogens with one attached hydrogen (secondary N) is 1. The van der Waals surface area contributed by atoms with E-state index >= 15 is 0 Å². The first-order valence-electron chi connectivity index (χ1n) is 12.2. The lowest BCUT2D eigenvalue weighted by Gasteiger charge is -2.26. The van der Waals surface area contributed by atoms with Crippen molar-refractivity contribution in [2.75, 3.05) is 18.5 Å². The molecule has 1 aliphatic carbocycles. The molecule has 1 unspecified atom stereocenters. The number of aromatic nitrogens is 2. The molecule has 0 saturated heterocycles. The summed E-state index contributed by atoms with van der Waals surface area (Å²) in [5.74, 6) is 1.29. The van der Waals surface area contributed by atoms with Crippen molar-refractivity contribution < 1.29 is 27.8 Å². The van der Waals surface area contributed by atoms with Gasteiger partial charge in [-0.15, -0.1) is 0 Å². The summed E-state index contributed by atoms with van der Waals surface area (Å²) in [6, 6.07) is 14.1. The summed E-state index contributed by atoms with van der Waals surface area (Å²) in [7, 11) is 0. The van der Waals surface area contributed by atoms with Crippen LogP contribution in [0.3, 0.4) is 0 Å². The normalized spacial score (nSPS) is 17.0. The van der Waals surface area contributed by atoms with Crippen LogP contribution in [0, 0.1) is 5.92 Å². The van der Waals surface area contributed by atoms with E-state index < -0.39 is 6.61 Å². The van der Waals surface area contributed by atoms with Crippen LogP contribution in [-0.4, -0.2) is 41.6 Å². The van der Waals surface area contributed by atoms with Crippen molar-refractivity contribution in [3.63, 3.8) is 0 Å². The molecule has 0 bridgehead atoms. The van der Waals surface area contributed by atoms with E-state index in [2.05, 4.69) is 5.32 Å². The van der Waals surface area contributed by atoms with Gasteiger partial charge in [-0.2, -0.15) is 13.9 Å². The van der Waals surface area contributed by atoms with Crippen molar-refractivity contribution in [2.45, 2.75) is 51.9 Å². The average molecular weight is 498 g/mol. The Bertz CT molecular complexity index is 1240. The maximum Gasteiger partial charge on any atom is 0.387 e. The zero-order valence-corrected chi connectivity index (χ0v) is 20.2. The van der Waals surface area contributed by atoms with Crippen LogP contribution in [0.25, 0.3) is 11.3 Å². The third kappa shape index (κ3) is 5.45. The minimum atomic E-state index is -2.92. The molecular weight excluding hydrogens is 468 g/mol. The molecule has 3 aromatic rings. The van der Waals surface area contributed by atoms with Crippen LogP contribution in [0.2, 0.25) is 0 Å². The number of hydrogen-bond donors (Lipinski definition) is 1. The molecule has 36 heavy (non-hydrogen) atoms. The van der Waals surface area contributed by atoms with E-state index in [-0.39, 0.29) is 23.9 Å². The Balaban J connectivity index is 1.43. The van der Waals surface area contributed by atoms with E-state index in [1.54, 1.807) is 36.4 Å². The van der Waals surface area contributed by atoms with Crippen molar-refractivity contribution >= 4 is 11.8 Å². The molecule has 2 aromatic carbocycles. The minimum absolute atomic E-state index is 0.0369. The highest BCUT2D eigenvalue weighted by Crippen LogP contribution is 2.38. The van der Waals surface area contributed by atoms with Crippen molar-refractivity contribution in [1.29, 1.82) is 0 Å². The molecule has 7 nitrogen and oxygen atoms in total. The van der Waals surface area contributed by atoms with Gasteiger partial charge in [0.1, 0.15) is 5.82 Å². The highest BCUT2D eigenvalue weighted by atomic mass is 19.3. The number of esters is 1. The van der Waals surface area contributed by atoms with E-state index in [0.29, 0.717) is 29.5 Å². The molecular formula is C27H29F2N3O4. The van der Waals surface area contributed by atoms with Crippen molar-refractivity contribution in [1.82, 2.24) is 9.78 Å². The van der Waals surface area contributed by atoms with Crippen LogP contribution in [-0.2, 0) is 4.74 Å². The number of nitrogens with zero attached hydrogens (tertiary/aromatic N) is 2. The second-order valence-corrected chi connectivity index (χ2v) is 9.46. The van der Waals surface area contributed by atoms with E-state index in [1.807, 2.05) is 30.7 Å². The average Bonchev–Trinajstić information content (AvgIpc) is 3.58. The maximum absolute atomic E-state index is 12.9. The van der Waals surface area contributed by atoms with Crippen LogP contribution in [0.5, 0.6) is 11.5 Å². The summed E-state index contributed by atoms with van der Waals surface area (Å²) in [6.45, 7) is 1.91. The standard InChI is InChI=1S/C27H29F2N3O4/c1-16(2)35-26(33)20-5-3-4-18(12-20)21-14-25-30-11-10-22(32(25)31-21)19-8-9-23(36-27(28)29)24(13-19)34-15-17-6-7-17/h3-5,8-9,12-14,16-17,22,27,30H,6-7,10-11,15H2,1-2H3. The molecule has 5 rings (SSSR count). The van der Waals surface area contributed by atoms with Gasteiger partial charge in [-0.1, -0.05) is 18.2 Å². The second-order valence-electron chi connectivity index (χ2n) is 9.46. The Morgan fingerprint density at radius 1 is 1.11 bits per heavy atom. The number of carbonyl (C=O) groups excluding carboxylic acids is 1. The zero-order chi connectivity index (χ0) is 25.2. The number of benzene rings is 2. The molecule has 0 radical (unpaired) electrons. The number of carbonyl (C=O) groups is 1. The Morgan fingerprint density at radius 2 is 1.94 bits per heavy atom. The minimum Gasteiger partial charge on any atom is -0.489 e. The first kappa shape index (κ1) is 24.1. The van der Waals surface area contributed by atoms with Gasteiger partial charge < -0.3 is 19.5 Å². The highest BCUT2D eigenvalue weighted by molar-refractivity contribution is 5.91. The molecule has 2 aliphatic rings. The third-order valence-corrected chi connectivity index (χ3v) is 6.23. The molecule has 190 valence electrons. The van der Waals surface area contributed by atoms with Gasteiger partial charge in [0.05, 0.1) is 30.0 Å². The smallest absolute Gasteiger partial charge is 0.387 e. The first-order chi connectivity index (χ1) is 17.4. The van der Waals surface area contributed by atoms with Gasteiger partial charge in [-0.25, -0.2) is 9.48 Å². The molecule has 2 heterocycles. The Hall–Kier alpha value is -3.62. The number of hydrogen-bond acceptors (Lipinski definition) is 6. The fourth-order valence-electron chi connectivity index (χ4n) is 4.29. The molecule has 0 amide bonds. The van der Waals surface area contributed by atoms with Crippen LogP contribution < -0.4 is 14.8 Å². The molecule has 9 heteroatoms. The number of anilines is 1. The van der Waals surface area contributed by atoms with Gasteiger partial charge in [0.25, 0.3) is 0 Å². The monoisotopic (exact) mass is 497 g/mol. The van der Waals surface area contributed by atoms with Gasteiger partial charge in [0.15, 0.2) is 11.5 Å². The van der Waals surface area contributed by atoms with Crippen molar-refractivity contribution in [3.8, 4) is 22.8 Å². The lowest BCUT2D eigenvalue weighted by atomic mass is 10.0. The van der Waals surface area contributed by atoms with Crippen LogP contribution in [0.4, 0.5) is 14.6 Å². The maximum atomic E-state index is 12.9. The molecule has 1 aromatic heterocycles. The summed E-state index contributed by atoms with van der Waals surface area (Å²) in [5.41, 5.74) is 2.87. The van der Waals surface area contributed by atoms with E-state index in [4.69, 9.17) is 19.3 Å². The number of halogens is 2. The number of alkyl halides is 2. The van der Waals surface area contributed by atoms with Crippen LogP contribution in [0.15, 0.2) is 48.5 Å². The molecule has 1 fully saturated rings. The summed E-state index contributed by atoms with van der Waals surface area (Å²) >= 11 is 0. The number of fused-ring (bicyclic) bond motifs is 1. The lowest BCUT2D eigenvalue weighted by Crippen LogP contribution is -2.24. The topological polar surface area (TPSA) is 74.6 Å². The fourth-order valence-corrected chi connectivity index (χ4v) is 4.29. The predicted molar refractivity (Wildman–Crippen MR) is 131 cm³/mol. The lowest BCUT2D eigenvalue weighted by molar-refractivity contribution is -0.0515. The summed E-state index contributed by atoms with van der Waals surface area (Å²) in [6.07, 6.45) is 2.73. The quantitative estimate of drug-likeness (QED) is 0.371. The second kappa shape index (κ2) is 10.2. The molecule has 1 atom stereocenters. The number of ether oxygens (including phenoxy) is 3. The van der Waals surface area contributed by atoms with Gasteiger partial charge in [0, 0.05) is 18.2 Å². The Kier molecular flexibility index (Phi) is 6.80. The summed E-state index contributed by atoms with van der Waals surface area (Å²) in [5, 5.41) is 8.21. The van der Waals surface area contributed by atoms with Crippen LogP contribution >= 0.6 is 0 Å². The van der Waals surface area contributed by atoms with Crippen LogP contribution in [0.1, 0.15) is 55.1 Å².